The normalized spacial score (nSPS) is 19.4. The molecule has 1 fully saturated rings. The molecule has 0 aromatic heterocycles. The lowest BCUT2D eigenvalue weighted by Gasteiger charge is -2.16. The first kappa shape index (κ1) is 12.2. The number of carbonyl (C=O) groups is 1. The van der Waals surface area contributed by atoms with Crippen molar-refractivity contribution in [1.29, 1.82) is 0 Å². The van der Waals surface area contributed by atoms with Gasteiger partial charge in [-0.15, -0.1) is 0 Å². The predicted molar refractivity (Wildman–Crippen MR) is 68.5 cm³/mol. The van der Waals surface area contributed by atoms with E-state index in [0.29, 0.717) is 10.2 Å². The van der Waals surface area contributed by atoms with Crippen molar-refractivity contribution >= 4 is 21.9 Å². The molecule has 1 aromatic carbocycles. The third-order valence-electron chi connectivity index (χ3n) is 2.87. The van der Waals surface area contributed by atoms with Crippen LogP contribution in [0.3, 0.4) is 0 Å². The fourth-order valence-corrected chi connectivity index (χ4v) is 2.38. The number of hydrogen-bond donors (Lipinski definition) is 1. The summed E-state index contributed by atoms with van der Waals surface area (Å²) in [6, 6.07) is 4.77. The summed E-state index contributed by atoms with van der Waals surface area (Å²) in [5, 5.41) is 8.85. The highest BCUT2D eigenvalue weighted by molar-refractivity contribution is 9.10. The van der Waals surface area contributed by atoms with Crippen LogP contribution >= 0.6 is 15.9 Å². The smallest absolute Gasteiger partial charge is 0.335 e. The van der Waals surface area contributed by atoms with E-state index in [1.807, 2.05) is 0 Å². The Morgan fingerprint density at radius 2 is 2.29 bits per heavy atom. The van der Waals surface area contributed by atoms with Crippen LogP contribution in [0.1, 0.15) is 29.6 Å². The molecule has 1 aliphatic rings. The topological polar surface area (TPSA) is 46.5 Å². The van der Waals surface area contributed by atoms with Gasteiger partial charge in [-0.2, -0.15) is 0 Å². The number of aromatic carboxylic acids is 1. The van der Waals surface area contributed by atoms with E-state index >= 15 is 0 Å². The molecule has 2 rings (SSSR count). The molecule has 4 heteroatoms. The molecule has 1 atom stereocenters. The van der Waals surface area contributed by atoms with Gasteiger partial charge in [-0.05, 0) is 59.0 Å². The first-order valence-electron chi connectivity index (χ1n) is 5.45. The molecule has 1 aromatic rings. The van der Waals surface area contributed by atoms with Crippen LogP contribution in [0.15, 0.2) is 34.8 Å². The molecule has 0 aliphatic heterocycles. The standard InChI is InChI=1S/C13H13BrO3/c1-8-3-2-4-11(8)17-12-6-5-9(13(15)16)7-10(12)14/h5-7,11H,1-4H2,(H,15,16). The zero-order valence-electron chi connectivity index (χ0n) is 9.28. The van der Waals surface area contributed by atoms with E-state index in [9.17, 15) is 4.79 Å². The average molecular weight is 297 g/mol. The second-order valence-corrected chi connectivity index (χ2v) is 4.96. The maximum atomic E-state index is 10.8. The summed E-state index contributed by atoms with van der Waals surface area (Å²) >= 11 is 3.32. The summed E-state index contributed by atoms with van der Waals surface area (Å²) < 4.78 is 6.48. The predicted octanol–water partition coefficient (Wildman–Crippen LogP) is 3.63. The molecule has 1 aliphatic carbocycles. The highest BCUT2D eigenvalue weighted by Crippen LogP contribution is 2.32. The van der Waals surface area contributed by atoms with Crippen molar-refractivity contribution in [3.63, 3.8) is 0 Å². The maximum absolute atomic E-state index is 10.8. The minimum atomic E-state index is -0.942. The van der Waals surface area contributed by atoms with Crippen LogP contribution in [-0.4, -0.2) is 17.2 Å². The average Bonchev–Trinajstić information content (AvgIpc) is 2.67. The zero-order valence-corrected chi connectivity index (χ0v) is 10.9. The van der Waals surface area contributed by atoms with Crippen LogP contribution < -0.4 is 4.74 Å². The lowest BCUT2D eigenvalue weighted by atomic mass is 10.2. The molecular formula is C13H13BrO3. The van der Waals surface area contributed by atoms with Crippen LogP contribution in [0.2, 0.25) is 0 Å². The Bertz CT molecular complexity index is 468. The van der Waals surface area contributed by atoms with Crippen molar-refractivity contribution in [2.75, 3.05) is 0 Å². The molecule has 90 valence electrons. The number of ether oxygens (including phenoxy) is 1. The second-order valence-electron chi connectivity index (χ2n) is 4.11. The summed E-state index contributed by atoms with van der Waals surface area (Å²) in [7, 11) is 0. The Morgan fingerprint density at radius 1 is 1.53 bits per heavy atom. The Balaban J connectivity index is 2.16. The van der Waals surface area contributed by atoms with Gasteiger partial charge in [-0.1, -0.05) is 6.58 Å². The molecule has 17 heavy (non-hydrogen) atoms. The fraction of sp³-hybridized carbons (Fsp3) is 0.308. The number of benzene rings is 1. The monoisotopic (exact) mass is 296 g/mol. The largest absolute Gasteiger partial charge is 0.485 e. The van der Waals surface area contributed by atoms with Crippen LogP contribution in [0, 0.1) is 0 Å². The summed E-state index contributed by atoms with van der Waals surface area (Å²) in [6.45, 7) is 3.97. The summed E-state index contributed by atoms with van der Waals surface area (Å²) in [5.74, 6) is -0.273. The third-order valence-corrected chi connectivity index (χ3v) is 3.49. The second kappa shape index (κ2) is 4.92. The lowest BCUT2D eigenvalue weighted by Crippen LogP contribution is -2.13. The quantitative estimate of drug-likeness (QED) is 0.866. The molecule has 0 radical (unpaired) electrons. The van der Waals surface area contributed by atoms with E-state index in [2.05, 4.69) is 22.5 Å². The van der Waals surface area contributed by atoms with Gasteiger partial charge in [-0.3, -0.25) is 0 Å². The van der Waals surface area contributed by atoms with Crippen molar-refractivity contribution < 1.29 is 14.6 Å². The van der Waals surface area contributed by atoms with Gasteiger partial charge in [0.25, 0.3) is 0 Å². The summed E-state index contributed by atoms with van der Waals surface area (Å²) in [6.07, 6.45) is 3.15. The molecule has 0 bridgehead atoms. The summed E-state index contributed by atoms with van der Waals surface area (Å²) in [5.41, 5.74) is 1.36. The van der Waals surface area contributed by atoms with Crippen molar-refractivity contribution in [2.45, 2.75) is 25.4 Å². The zero-order chi connectivity index (χ0) is 12.4. The van der Waals surface area contributed by atoms with Crippen molar-refractivity contribution in [2.24, 2.45) is 0 Å². The highest BCUT2D eigenvalue weighted by atomic mass is 79.9. The number of hydrogen-bond acceptors (Lipinski definition) is 2. The fourth-order valence-electron chi connectivity index (χ4n) is 1.90. The van der Waals surface area contributed by atoms with Crippen molar-refractivity contribution in [3.05, 3.63) is 40.4 Å². The number of halogens is 1. The Morgan fingerprint density at radius 3 is 2.82 bits per heavy atom. The third kappa shape index (κ3) is 2.69. The van der Waals surface area contributed by atoms with Gasteiger partial charge in [0.1, 0.15) is 11.9 Å². The van der Waals surface area contributed by atoms with Crippen LogP contribution in [0.25, 0.3) is 0 Å². The molecule has 1 unspecified atom stereocenters. The van der Waals surface area contributed by atoms with E-state index < -0.39 is 5.97 Å². The number of carboxylic acids is 1. The van der Waals surface area contributed by atoms with Gasteiger partial charge in [-0.25, -0.2) is 4.79 Å². The molecule has 3 nitrogen and oxygen atoms in total. The molecule has 0 saturated heterocycles. The van der Waals surface area contributed by atoms with Gasteiger partial charge >= 0.3 is 5.97 Å². The molecule has 1 N–H and O–H groups in total. The van der Waals surface area contributed by atoms with Crippen molar-refractivity contribution in [3.8, 4) is 5.75 Å². The molecule has 1 saturated carbocycles. The van der Waals surface area contributed by atoms with Crippen LogP contribution in [0.4, 0.5) is 0 Å². The maximum Gasteiger partial charge on any atom is 0.335 e. The lowest BCUT2D eigenvalue weighted by molar-refractivity contribution is 0.0696. The Hall–Kier alpha value is -1.29. The Labute approximate surface area is 108 Å². The van der Waals surface area contributed by atoms with Crippen LogP contribution in [-0.2, 0) is 0 Å². The first-order valence-corrected chi connectivity index (χ1v) is 6.24. The molecule has 0 heterocycles. The SMILES string of the molecule is C=C1CCCC1Oc1ccc(C(=O)O)cc1Br. The van der Waals surface area contributed by atoms with Gasteiger partial charge in [0.05, 0.1) is 10.0 Å². The van der Waals surface area contributed by atoms with Crippen molar-refractivity contribution in [1.82, 2.24) is 0 Å². The first-order chi connectivity index (χ1) is 8.08. The highest BCUT2D eigenvalue weighted by Gasteiger charge is 2.21. The number of rotatable bonds is 3. The van der Waals surface area contributed by atoms with Crippen LogP contribution in [0.5, 0.6) is 5.75 Å². The summed E-state index contributed by atoms with van der Waals surface area (Å²) in [4.78, 5) is 10.8. The van der Waals surface area contributed by atoms with E-state index in [1.165, 1.54) is 0 Å². The Kier molecular flexibility index (Phi) is 3.52. The molecule has 0 spiro atoms. The number of carboxylic acid groups (broad SMARTS) is 1. The van der Waals surface area contributed by atoms with Gasteiger partial charge in [0, 0.05) is 0 Å². The van der Waals surface area contributed by atoms with E-state index in [0.717, 1.165) is 24.8 Å². The van der Waals surface area contributed by atoms with E-state index in [-0.39, 0.29) is 11.7 Å². The van der Waals surface area contributed by atoms with Gasteiger partial charge in [0.2, 0.25) is 0 Å². The van der Waals surface area contributed by atoms with Gasteiger partial charge < -0.3 is 9.84 Å². The molecule has 0 amide bonds. The van der Waals surface area contributed by atoms with Gasteiger partial charge in [0.15, 0.2) is 0 Å². The minimum absolute atomic E-state index is 0.0574. The van der Waals surface area contributed by atoms with E-state index in [4.69, 9.17) is 9.84 Å². The van der Waals surface area contributed by atoms with E-state index in [1.54, 1.807) is 18.2 Å². The minimum Gasteiger partial charge on any atom is -0.485 e. The molecular weight excluding hydrogens is 284 g/mol.